The van der Waals surface area contributed by atoms with Crippen LogP contribution < -0.4 is 16.0 Å². The quantitative estimate of drug-likeness (QED) is 0.798. The van der Waals surface area contributed by atoms with E-state index in [2.05, 4.69) is 12.2 Å². The summed E-state index contributed by atoms with van der Waals surface area (Å²) in [5.41, 5.74) is 7.92. The van der Waals surface area contributed by atoms with Crippen molar-refractivity contribution in [1.82, 2.24) is 5.32 Å². The first-order valence-electron chi connectivity index (χ1n) is 6.36. The summed E-state index contributed by atoms with van der Waals surface area (Å²) in [5, 5.41) is 3.06. The molecule has 0 saturated heterocycles. The molecule has 1 aliphatic rings. The molecular weight excluding hydrogens is 226 g/mol. The third-order valence-corrected chi connectivity index (χ3v) is 3.43. The highest BCUT2D eigenvalue weighted by molar-refractivity contribution is 6.00. The minimum absolute atomic E-state index is 0.0367. The van der Waals surface area contributed by atoms with Gasteiger partial charge in [0, 0.05) is 31.5 Å². The molecule has 0 aromatic heterocycles. The van der Waals surface area contributed by atoms with Crippen LogP contribution in [0, 0.1) is 5.92 Å². The van der Waals surface area contributed by atoms with Crippen LogP contribution in [-0.4, -0.2) is 26.0 Å². The molecule has 1 unspecified atom stereocenters. The molecule has 1 fully saturated rings. The Kier molecular flexibility index (Phi) is 3.45. The number of anilines is 2. The number of nitrogens with one attached hydrogen (secondary N) is 1. The highest BCUT2D eigenvalue weighted by Gasteiger charge is 2.29. The van der Waals surface area contributed by atoms with Crippen molar-refractivity contribution >= 4 is 17.3 Å². The van der Waals surface area contributed by atoms with Gasteiger partial charge in [-0.1, -0.05) is 0 Å². The zero-order valence-corrected chi connectivity index (χ0v) is 11.2. The highest BCUT2D eigenvalue weighted by atomic mass is 16.1. The Morgan fingerprint density at radius 3 is 2.67 bits per heavy atom. The summed E-state index contributed by atoms with van der Waals surface area (Å²) in [6.07, 6.45) is 2.44. The van der Waals surface area contributed by atoms with Crippen molar-refractivity contribution < 1.29 is 4.79 Å². The number of hydrogen-bond acceptors (Lipinski definition) is 3. The van der Waals surface area contributed by atoms with E-state index in [0.717, 1.165) is 5.69 Å². The molecule has 1 atom stereocenters. The normalized spacial score (nSPS) is 16.2. The average Bonchev–Trinajstić information content (AvgIpc) is 3.11. The molecule has 1 amide bonds. The van der Waals surface area contributed by atoms with E-state index < -0.39 is 0 Å². The van der Waals surface area contributed by atoms with Crippen LogP contribution in [0.5, 0.6) is 0 Å². The van der Waals surface area contributed by atoms with E-state index in [1.54, 1.807) is 6.07 Å². The minimum atomic E-state index is -0.0367. The number of nitrogens with zero attached hydrogens (tertiary/aromatic N) is 1. The largest absolute Gasteiger partial charge is 0.399 e. The van der Waals surface area contributed by atoms with Crippen molar-refractivity contribution in [3.63, 3.8) is 0 Å². The van der Waals surface area contributed by atoms with Gasteiger partial charge in [-0.3, -0.25) is 4.79 Å². The number of nitrogen functional groups attached to an aromatic ring is 1. The Labute approximate surface area is 108 Å². The van der Waals surface area contributed by atoms with E-state index in [9.17, 15) is 4.79 Å². The van der Waals surface area contributed by atoms with Crippen LogP contribution in [0.4, 0.5) is 11.4 Å². The number of amides is 1. The second-order valence-electron chi connectivity index (χ2n) is 5.27. The monoisotopic (exact) mass is 247 g/mol. The van der Waals surface area contributed by atoms with Crippen molar-refractivity contribution in [2.45, 2.75) is 25.8 Å². The van der Waals surface area contributed by atoms with Crippen molar-refractivity contribution in [3.8, 4) is 0 Å². The smallest absolute Gasteiger partial charge is 0.253 e. The Morgan fingerprint density at radius 2 is 2.11 bits per heavy atom. The van der Waals surface area contributed by atoms with Crippen molar-refractivity contribution in [2.24, 2.45) is 5.92 Å². The first-order chi connectivity index (χ1) is 8.49. The first-order valence-corrected chi connectivity index (χ1v) is 6.36. The molecule has 4 heteroatoms. The highest BCUT2D eigenvalue weighted by Crippen LogP contribution is 2.32. The molecule has 0 bridgehead atoms. The molecule has 1 saturated carbocycles. The molecule has 1 aromatic carbocycles. The van der Waals surface area contributed by atoms with Crippen LogP contribution in [0.2, 0.25) is 0 Å². The number of rotatable bonds is 4. The molecule has 0 spiro atoms. The van der Waals surface area contributed by atoms with Crippen LogP contribution in [0.1, 0.15) is 30.1 Å². The predicted molar refractivity (Wildman–Crippen MR) is 74.8 cm³/mol. The summed E-state index contributed by atoms with van der Waals surface area (Å²) >= 11 is 0. The molecule has 1 aromatic rings. The lowest BCUT2D eigenvalue weighted by atomic mass is 10.1. The molecule has 3 N–H and O–H groups in total. The Balaban J connectivity index is 2.19. The van der Waals surface area contributed by atoms with Crippen LogP contribution in [-0.2, 0) is 0 Å². The molecule has 0 radical (unpaired) electrons. The van der Waals surface area contributed by atoms with Gasteiger partial charge in [-0.25, -0.2) is 0 Å². The average molecular weight is 247 g/mol. The third-order valence-electron chi connectivity index (χ3n) is 3.43. The molecule has 0 heterocycles. The summed E-state index contributed by atoms with van der Waals surface area (Å²) in [5.74, 6) is 0.614. The zero-order chi connectivity index (χ0) is 13.3. The van der Waals surface area contributed by atoms with Gasteiger partial charge in [0.05, 0.1) is 5.56 Å². The lowest BCUT2D eigenvalue weighted by molar-refractivity contribution is 0.0936. The van der Waals surface area contributed by atoms with Gasteiger partial charge in [0.2, 0.25) is 0 Å². The molecule has 2 rings (SSSR count). The fourth-order valence-corrected chi connectivity index (χ4v) is 2.12. The van der Waals surface area contributed by atoms with Gasteiger partial charge in [-0.05, 0) is 43.9 Å². The van der Waals surface area contributed by atoms with Crippen LogP contribution in [0.15, 0.2) is 18.2 Å². The van der Waals surface area contributed by atoms with Crippen molar-refractivity contribution in [1.29, 1.82) is 0 Å². The topological polar surface area (TPSA) is 58.4 Å². The zero-order valence-electron chi connectivity index (χ0n) is 11.2. The van der Waals surface area contributed by atoms with E-state index in [4.69, 9.17) is 5.73 Å². The number of benzene rings is 1. The maximum Gasteiger partial charge on any atom is 0.253 e. The SMILES string of the molecule is CC(NC(=O)c1cc(N)ccc1N(C)C)C1CC1. The summed E-state index contributed by atoms with van der Waals surface area (Å²) in [6.45, 7) is 2.07. The van der Waals surface area contributed by atoms with Gasteiger partial charge < -0.3 is 16.0 Å². The lowest BCUT2D eigenvalue weighted by Crippen LogP contribution is -2.34. The Bertz CT molecular complexity index is 452. The molecule has 1 aliphatic carbocycles. The van der Waals surface area contributed by atoms with E-state index in [1.807, 2.05) is 31.1 Å². The van der Waals surface area contributed by atoms with Gasteiger partial charge in [-0.2, -0.15) is 0 Å². The second kappa shape index (κ2) is 4.88. The third kappa shape index (κ3) is 2.75. The standard InChI is InChI=1S/C14H21N3O/c1-9(10-4-5-10)16-14(18)12-8-11(15)6-7-13(12)17(2)3/h6-10H,4-5,15H2,1-3H3,(H,16,18). The maximum absolute atomic E-state index is 12.3. The fraction of sp³-hybridized carbons (Fsp3) is 0.500. The van der Waals surface area contributed by atoms with Gasteiger partial charge in [-0.15, -0.1) is 0 Å². The van der Waals surface area contributed by atoms with Crippen molar-refractivity contribution in [2.75, 3.05) is 24.7 Å². The van der Waals surface area contributed by atoms with E-state index in [-0.39, 0.29) is 11.9 Å². The second-order valence-corrected chi connectivity index (χ2v) is 5.27. The summed E-state index contributed by atoms with van der Waals surface area (Å²) < 4.78 is 0. The van der Waals surface area contributed by atoms with Crippen LogP contribution >= 0.6 is 0 Å². The Hall–Kier alpha value is -1.71. The van der Waals surface area contributed by atoms with Gasteiger partial charge in [0.25, 0.3) is 5.91 Å². The summed E-state index contributed by atoms with van der Waals surface area (Å²) in [6, 6.07) is 5.68. The predicted octanol–water partition coefficient (Wildman–Crippen LogP) is 1.86. The fourth-order valence-electron chi connectivity index (χ4n) is 2.12. The maximum atomic E-state index is 12.3. The van der Waals surface area contributed by atoms with E-state index in [1.165, 1.54) is 12.8 Å². The van der Waals surface area contributed by atoms with Crippen LogP contribution in [0.25, 0.3) is 0 Å². The van der Waals surface area contributed by atoms with E-state index >= 15 is 0 Å². The van der Waals surface area contributed by atoms with Gasteiger partial charge in [0.15, 0.2) is 0 Å². The molecule has 98 valence electrons. The summed E-state index contributed by atoms with van der Waals surface area (Å²) in [7, 11) is 3.85. The molecule has 18 heavy (non-hydrogen) atoms. The summed E-state index contributed by atoms with van der Waals surface area (Å²) in [4.78, 5) is 14.2. The first kappa shape index (κ1) is 12.7. The lowest BCUT2D eigenvalue weighted by Gasteiger charge is -2.19. The molecular formula is C14H21N3O. The van der Waals surface area contributed by atoms with Gasteiger partial charge in [0.1, 0.15) is 0 Å². The van der Waals surface area contributed by atoms with Crippen LogP contribution in [0.3, 0.4) is 0 Å². The number of hydrogen-bond donors (Lipinski definition) is 2. The van der Waals surface area contributed by atoms with Gasteiger partial charge >= 0.3 is 0 Å². The number of carbonyl (C=O) groups excluding carboxylic acids is 1. The number of carbonyl (C=O) groups is 1. The molecule has 4 nitrogen and oxygen atoms in total. The minimum Gasteiger partial charge on any atom is -0.399 e. The number of nitrogens with two attached hydrogens (primary N) is 1. The van der Waals surface area contributed by atoms with Crippen molar-refractivity contribution in [3.05, 3.63) is 23.8 Å². The van der Waals surface area contributed by atoms with E-state index in [0.29, 0.717) is 17.2 Å². The molecule has 0 aliphatic heterocycles. The Morgan fingerprint density at radius 1 is 1.44 bits per heavy atom.